The van der Waals surface area contributed by atoms with Crippen molar-refractivity contribution in [3.63, 3.8) is 0 Å². The summed E-state index contributed by atoms with van der Waals surface area (Å²) in [6.45, 7) is 3.79. The Balaban J connectivity index is 2.31. The molecule has 0 saturated carbocycles. The van der Waals surface area contributed by atoms with Crippen LogP contribution in [0.2, 0.25) is 0 Å². The lowest BCUT2D eigenvalue weighted by Gasteiger charge is -2.10. The van der Waals surface area contributed by atoms with Crippen LogP contribution in [-0.2, 0) is 14.3 Å². The molecule has 0 bridgehead atoms. The Morgan fingerprint density at radius 2 is 2.15 bits per heavy atom. The van der Waals surface area contributed by atoms with Gasteiger partial charge in [-0.3, -0.25) is 9.59 Å². The van der Waals surface area contributed by atoms with E-state index in [0.29, 0.717) is 11.3 Å². The van der Waals surface area contributed by atoms with Gasteiger partial charge in [-0.15, -0.1) is 0 Å². The fourth-order valence-electron chi connectivity index (χ4n) is 2.16. The van der Waals surface area contributed by atoms with Crippen molar-refractivity contribution >= 4 is 17.5 Å². The molecule has 1 unspecified atom stereocenters. The van der Waals surface area contributed by atoms with E-state index in [1.807, 2.05) is 13.0 Å². The second kappa shape index (κ2) is 5.86. The highest BCUT2D eigenvalue weighted by molar-refractivity contribution is 6.39. The molecule has 0 radical (unpaired) electrons. The molecule has 1 atom stereocenters. The van der Waals surface area contributed by atoms with Gasteiger partial charge in [0.1, 0.15) is 5.75 Å². The van der Waals surface area contributed by atoms with Gasteiger partial charge in [-0.05, 0) is 32.4 Å². The molecule has 0 spiro atoms. The number of ketones is 2. The summed E-state index contributed by atoms with van der Waals surface area (Å²) >= 11 is 0. The molecule has 1 aromatic carbocycles. The first-order chi connectivity index (χ1) is 9.54. The van der Waals surface area contributed by atoms with E-state index in [4.69, 9.17) is 4.74 Å². The number of esters is 1. The lowest BCUT2D eigenvalue weighted by Crippen LogP contribution is -2.31. The first-order valence-electron chi connectivity index (χ1n) is 6.53. The Labute approximate surface area is 116 Å². The first kappa shape index (κ1) is 14.2. The molecule has 0 amide bonds. The van der Waals surface area contributed by atoms with Gasteiger partial charge in [0.2, 0.25) is 0 Å². The normalized spacial score (nSPS) is 17.7. The van der Waals surface area contributed by atoms with Crippen molar-refractivity contribution in [2.75, 3.05) is 13.2 Å². The summed E-state index contributed by atoms with van der Waals surface area (Å²) in [4.78, 5) is 35.9. The van der Waals surface area contributed by atoms with Gasteiger partial charge in [0.05, 0.1) is 24.7 Å². The van der Waals surface area contributed by atoms with E-state index in [9.17, 15) is 14.4 Å². The van der Waals surface area contributed by atoms with E-state index in [1.54, 1.807) is 19.1 Å². The van der Waals surface area contributed by atoms with Crippen LogP contribution in [0.1, 0.15) is 29.3 Å². The van der Waals surface area contributed by atoms with Crippen LogP contribution in [0.15, 0.2) is 18.2 Å². The molecule has 1 aliphatic rings. The van der Waals surface area contributed by atoms with Crippen molar-refractivity contribution in [1.82, 2.24) is 0 Å². The van der Waals surface area contributed by atoms with Crippen LogP contribution >= 0.6 is 0 Å². The van der Waals surface area contributed by atoms with Gasteiger partial charge < -0.3 is 9.47 Å². The largest absolute Gasteiger partial charge is 0.493 e. The minimum absolute atomic E-state index is 0.109. The molecule has 20 heavy (non-hydrogen) atoms. The summed E-state index contributed by atoms with van der Waals surface area (Å²) in [5, 5.41) is 0. The number of carbonyl (C=O) groups is 3. The molecule has 0 saturated heterocycles. The Kier molecular flexibility index (Phi) is 4.17. The second-order valence-corrected chi connectivity index (χ2v) is 4.64. The molecule has 0 aliphatic carbocycles. The first-order valence-corrected chi connectivity index (χ1v) is 6.53. The third kappa shape index (κ3) is 2.71. The molecule has 0 aromatic heterocycles. The highest BCUT2D eigenvalue weighted by Gasteiger charge is 2.36. The second-order valence-electron chi connectivity index (χ2n) is 4.64. The zero-order chi connectivity index (χ0) is 14.7. The number of hydrogen-bond acceptors (Lipinski definition) is 5. The summed E-state index contributed by atoms with van der Waals surface area (Å²) in [7, 11) is 0. The van der Waals surface area contributed by atoms with E-state index in [1.165, 1.54) is 0 Å². The third-order valence-corrected chi connectivity index (χ3v) is 3.17. The maximum Gasteiger partial charge on any atom is 0.375 e. The van der Waals surface area contributed by atoms with Crippen LogP contribution < -0.4 is 4.74 Å². The molecular weight excluding hydrogens is 260 g/mol. The van der Waals surface area contributed by atoms with Crippen molar-refractivity contribution in [3.05, 3.63) is 29.3 Å². The number of fused-ring (bicyclic) bond motifs is 1. The van der Waals surface area contributed by atoms with E-state index < -0.39 is 17.7 Å². The number of benzene rings is 1. The number of carbonyl (C=O) groups excluding carboxylic acids is 3. The summed E-state index contributed by atoms with van der Waals surface area (Å²) in [5.41, 5.74) is 1.25. The van der Waals surface area contributed by atoms with Crippen LogP contribution in [-0.4, -0.2) is 30.7 Å². The fourth-order valence-corrected chi connectivity index (χ4v) is 2.16. The molecule has 5 nitrogen and oxygen atoms in total. The molecule has 2 rings (SSSR count). The number of Topliss-reactive ketones (excluding diaryl/α,β-unsaturated/α-hetero) is 2. The van der Waals surface area contributed by atoms with Crippen LogP contribution in [0.25, 0.3) is 0 Å². The lowest BCUT2D eigenvalue weighted by atomic mass is 9.91. The monoisotopic (exact) mass is 276 g/mol. The van der Waals surface area contributed by atoms with Crippen molar-refractivity contribution in [3.8, 4) is 5.75 Å². The van der Waals surface area contributed by atoms with Crippen LogP contribution in [0.3, 0.4) is 0 Å². The third-order valence-electron chi connectivity index (χ3n) is 3.17. The predicted octanol–water partition coefficient (Wildman–Crippen LogP) is 1.71. The number of hydrogen-bond donors (Lipinski definition) is 0. The number of rotatable bonds is 3. The molecular formula is C15H16O5. The van der Waals surface area contributed by atoms with Crippen molar-refractivity contribution in [2.45, 2.75) is 20.3 Å². The minimum atomic E-state index is -1.02. The minimum Gasteiger partial charge on any atom is -0.493 e. The maximum atomic E-state index is 12.4. The predicted molar refractivity (Wildman–Crippen MR) is 70.8 cm³/mol. The van der Waals surface area contributed by atoms with E-state index >= 15 is 0 Å². The van der Waals surface area contributed by atoms with Gasteiger partial charge in [-0.1, -0.05) is 11.6 Å². The molecule has 0 fully saturated rings. The van der Waals surface area contributed by atoms with Crippen molar-refractivity contribution in [2.24, 2.45) is 5.92 Å². The lowest BCUT2D eigenvalue weighted by molar-refractivity contribution is -0.154. The molecule has 5 heteroatoms. The standard InChI is InChI=1S/C15H16O5/c1-3-19-15(18)14(17)10-6-7-20-12-5-4-9(2)8-11(12)13(10)16/h4-5,8,10H,3,6-7H2,1-2H3. The highest BCUT2D eigenvalue weighted by Crippen LogP contribution is 2.28. The Hall–Kier alpha value is -2.17. The smallest absolute Gasteiger partial charge is 0.375 e. The van der Waals surface area contributed by atoms with Crippen LogP contribution in [0.4, 0.5) is 0 Å². The fraction of sp³-hybridized carbons (Fsp3) is 0.400. The van der Waals surface area contributed by atoms with E-state index in [0.717, 1.165) is 5.56 Å². The van der Waals surface area contributed by atoms with Crippen LogP contribution in [0.5, 0.6) is 5.75 Å². The zero-order valence-electron chi connectivity index (χ0n) is 11.5. The topological polar surface area (TPSA) is 69.7 Å². The van der Waals surface area contributed by atoms with E-state index in [-0.39, 0.29) is 25.4 Å². The Bertz CT molecular complexity index is 561. The Morgan fingerprint density at radius 3 is 2.85 bits per heavy atom. The average molecular weight is 276 g/mol. The summed E-state index contributed by atoms with van der Waals surface area (Å²) in [6.07, 6.45) is 0.185. The van der Waals surface area contributed by atoms with Gasteiger partial charge in [-0.2, -0.15) is 0 Å². The maximum absolute atomic E-state index is 12.4. The van der Waals surface area contributed by atoms with Crippen molar-refractivity contribution in [1.29, 1.82) is 0 Å². The Morgan fingerprint density at radius 1 is 1.40 bits per heavy atom. The summed E-state index contributed by atoms with van der Waals surface area (Å²) < 4.78 is 10.1. The summed E-state index contributed by atoms with van der Waals surface area (Å²) in [6, 6.07) is 5.22. The molecule has 1 aromatic rings. The van der Waals surface area contributed by atoms with Gasteiger partial charge in [0, 0.05) is 0 Å². The molecule has 106 valence electrons. The molecule has 0 N–H and O–H groups in total. The average Bonchev–Trinajstić information content (AvgIpc) is 2.58. The highest BCUT2D eigenvalue weighted by atomic mass is 16.5. The number of aryl methyl sites for hydroxylation is 1. The van der Waals surface area contributed by atoms with Crippen LogP contribution in [0, 0.1) is 12.8 Å². The molecule has 1 aliphatic heterocycles. The van der Waals surface area contributed by atoms with Crippen molar-refractivity contribution < 1.29 is 23.9 Å². The number of ether oxygens (including phenoxy) is 2. The summed E-state index contributed by atoms with van der Waals surface area (Å²) in [5.74, 6) is -2.69. The molecule has 1 heterocycles. The SMILES string of the molecule is CCOC(=O)C(=O)C1CCOc2ccc(C)cc2C1=O. The van der Waals surface area contributed by atoms with Gasteiger partial charge in [0.25, 0.3) is 5.78 Å². The van der Waals surface area contributed by atoms with Gasteiger partial charge in [0.15, 0.2) is 5.78 Å². The quantitative estimate of drug-likeness (QED) is 0.477. The van der Waals surface area contributed by atoms with E-state index in [2.05, 4.69) is 4.74 Å². The zero-order valence-corrected chi connectivity index (χ0v) is 11.5. The van der Waals surface area contributed by atoms with Gasteiger partial charge >= 0.3 is 5.97 Å². The van der Waals surface area contributed by atoms with Gasteiger partial charge in [-0.25, -0.2) is 4.79 Å².